The molecule has 0 spiro atoms. The normalized spacial score (nSPS) is 27.4. The summed E-state index contributed by atoms with van der Waals surface area (Å²) in [6, 6.07) is 5.62. The number of fused-ring (bicyclic) bond motifs is 1. The Kier molecular flexibility index (Phi) is 6.75. The Hall–Kier alpha value is -2.72. The summed E-state index contributed by atoms with van der Waals surface area (Å²) in [6.45, 7) is 5.57. The highest BCUT2D eigenvalue weighted by atomic mass is 19.4. The summed E-state index contributed by atoms with van der Waals surface area (Å²) in [4.78, 5) is 0. The number of aliphatic hydroxyl groups is 1. The maximum absolute atomic E-state index is 13.9. The van der Waals surface area contributed by atoms with Crippen LogP contribution >= 0.6 is 0 Å². The van der Waals surface area contributed by atoms with Crippen LogP contribution in [-0.2, 0) is 16.3 Å². The molecule has 0 aliphatic carbocycles. The lowest BCUT2D eigenvalue weighted by atomic mass is 9.56. The van der Waals surface area contributed by atoms with Gasteiger partial charge in [-0.1, -0.05) is 25.7 Å². The molecule has 9 heteroatoms. The number of rotatable bonds is 4. The summed E-state index contributed by atoms with van der Waals surface area (Å²) in [5, 5.41) is 19.0. The molecule has 4 atom stereocenters. The number of hydrogen-bond donors (Lipinski definition) is 4. The molecule has 172 valence electrons. The Labute approximate surface area is 185 Å². The Morgan fingerprint density at radius 1 is 1.28 bits per heavy atom. The van der Waals surface area contributed by atoms with Crippen LogP contribution in [0.1, 0.15) is 50.3 Å². The van der Waals surface area contributed by atoms with Crippen LogP contribution in [0, 0.1) is 35.0 Å². The first-order valence-corrected chi connectivity index (χ1v) is 10.5. The van der Waals surface area contributed by atoms with Gasteiger partial charge in [0.1, 0.15) is 11.6 Å². The van der Waals surface area contributed by atoms with E-state index in [1.807, 2.05) is 20.8 Å². The lowest BCUT2D eigenvalue weighted by Crippen LogP contribution is -2.55. The van der Waals surface area contributed by atoms with Gasteiger partial charge in [-0.3, -0.25) is 5.43 Å². The van der Waals surface area contributed by atoms with Gasteiger partial charge in [0.2, 0.25) is 5.88 Å². The molecular formula is C23H27F3N4O2. The Morgan fingerprint density at radius 3 is 2.59 bits per heavy atom. The molecule has 2 aliphatic heterocycles. The van der Waals surface area contributed by atoms with E-state index in [4.69, 9.17) is 15.6 Å². The summed E-state index contributed by atoms with van der Waals surface area (Å²) in [7, 11) is 0. The summed E-state index contributed by atoms with van der Waals surface area (Å²) >= 11 is 0. The fourth-order valence-electron chi connectivity index (χ4n) is 4.88. The molecule has 2 heterocycles. The quantitative estimate of drug-likeness (QED) is 0.417. The van der Waals surface area contributed by atoms with E-state index in [1.54, 1.807) is 6.07 Å². The summed E-state index contributed by atoms with van der Waals surface area (Å²) < 4.78 is 47.3. The molecule has 1 fully saturated rings. The predicted octanol–water partition coefficient (Wildman–Crippen LogP) is 2.89. The highest BCUT2D eigenvalue weighted by molar-refractivity contribution is 5.53. The minimum Gasteiger partial charge on any atom is -0.458 e. The maximum atomic E-state index is 13.9. The van der Waals surface area contributed by atoms with Gasteiger partial charge in [0, 0.05) is 36.0 Å². The number of hydrogen-bond acceptors (Lipinski definition) is 6. The van der Waals surface area contributed by atoms with Crippen molar-refractivity contribution in [3.8, 4) is 17.9 Å². The molecule has 0 amide bonds. The highest BCUT2D eigenvalue weighted by Gasteiger charge is 2.59. The molecule has 0 saturated carbocycles. The second kappa shape index (κ2) is 9.03. The van der Waals surface area contributed by atoms with Crippen LogP contribution in [0.25, 0.3) is 0 Å². The van der Waals surface area contributed by atoms with Crippen molar-refractivity contribution in [1.29, 1.82) is 5.26 Å². The molecule has 6 nitrogen and oxygen atoms in total. The van der Waals surface area contributed by atoms with Gasteiger partial charge in [0.05, 0.1) is 5.56 Å². The van der Waals surface area contributed by atoms with E-state index in [9.17, 15) is 18.4 Å². The largest absolute Gasteiger partial charge is 0.458 e. The minimum atomic E-state index is -4.60. The SMILES string of the molecule is CC1NNC2OC(N)=C(C#N)C(c3cc(C#CCCCO)cc(C(F)(F)F)c3)(C(C)C)C12. The van der Waals surface area contributed by atoms with Crippen molar-refractivity contribution in [3.05, 3.63) is 46.3 Å². The lowest BCUT2D eigenvalue weighted by molar-refractivity contribution is -0.137. The monoisotopic (exact) mass is 448 g/mol. The van der Waals surface area contributed by atoms with E-state index in [1.165, 1.54) is 0 Å². The molecule has 0 bridgehead atoms. The van der Waals surface area contributed by atoms with E-state index in [2.05, 4.69) is 28.8 Å². The van der Waals surface area contributed by atoms with Crippen LogP contribution < -0.4 is 16.6 Å². The Morgan fingerprint density at radius 2 is 2.00 bits per heavy atom. The zero-order valence-corrected chi connectivity index (χ0v) is 18.2. The number of ether oxygens (including phenoxy) is 1. The van der Waals surface area contributed by atoms with Crippen LogP contribution in [0.3, 0.4) is 0 Å². The molecule has 1 aromatic rings. The number of nitrogens with two attached hydrogens (primary N) is 1. The van der Waals surface area contributed by atoms with Crippen molar-refractivity contribution in [1.82, 2.24) is 10.9 Å². The molecule has 2 aliphatic rings. The molecule has 5 N–H and O–H groups in total. The molecule has 1 aromatic carbocycles. The highest BCUT2D eigenvalue weighted by Crippen LogP contribution is 2.53. The number of aliphatic hydroxyl groups excluding tert-OH is 1. The van der Waals surface area contributed by atoms with E-state index < -0.39 is 29.3 Å². The minimum absolute atomic E-state index is 0.0461. The van der Waals surface area contributed by atoms with Gasteiger partial charge in [-0.05, 0) is 43.0 Å². The third-order valence-electron chi connectivity index (χ3n) is 6.21. The maximum Gasteiger partial charge on any atom is 0.416 e. The molecule has 1 saturated heterocycles. The number of nitrogens with zero attached hydrogens (tertiary/aromatic N) is 1. The number of unbranched alkanes of at least 4 members (excludes halogenated alkanes) is 1. The lowest BCUT2D eigenvalue weighted by Gasteiger charge is -2.48. The van der Waals surface area contributed by atoms with Crippen molar-refractivity contribution in [3.63, 3.8) is 0 Å². The summed E-state index contributed by atoms with van der Waals surface area (Å²) in [6.07, 6.45) is -4.42. The zero-order chi connectivity index (χ0) is 23.7. The summed E-state index contributed by atoms with van der Waals surface area (Å²) in [5.41, 5.74) is 10.8. The van der Waals surface area contributed by atoms with Gasteiger partial charge in [0.25, 0.3) is 0 Å². The fraction of sp³-hybridized carbons (Fsp3) is 0.522. The van der Waals surface area contributed by atoms with Gasteiger partial charge >= 0.3 is 6.18 Å². The molecule has 3 rings (SSSR count). The Bertz CT molecular complexity index is 1000. The predicted molar refractivity (Wildman–Crippen MR) is 112 cm³/mol. The third-order valence-corrected chi connectivity index (χ3v) is 6.21. The third kappa shape index (κ3) is 4.04. The number of nitrogens with one attached hydrogen (secondary N) is 2. The first-order valence-electron chi connectivity index (χ1n) is 10.5. The van der Waals surface area contributed by atoms with Crippen molar-refractivity contribution in [2.45, 2.75) is 57.5 Å². The molecule has 4 unspecified atom stereocenters. The topological polar surface area (TPSA) is 103 Å². The smallest absolute Gasteiger partial charge is 0.416 e. The first kappa shape index (κ1) is 23.9. The van der Waals surface area contributed by atoms with Gasteiger partial charge in [-0.25, -0.2) is 5.43 Å². The number of hydrazine groups is 1. The number of nitriles is 1. The van der Waals surface area contributed by atoms with Crippen LogP contribution in [-0.4, -0.2) is 24.0 Å². The zero-order valence-electron chi connectivity index (χ0n) is 18.2. The number of alkyl halides is 3. The molecule has 32 heavy (non-hydrogen) atoms. The average Bonchev–Trinajstić information content (AvgIpc) is 3.09. The van der Waals surface area contributed by atoms with Gasteiger partial charge in [-0.2, -0.15) is 18.4 Å². The first-order chi connectivity index (χ1) is 15.1. The standard InChI is InChI=1S/C23H27F3N4O2/c1-13(2)22(18(12-27)20(28)32-21-19(22)14(3)29-30-21)16-9-15(7-5-4-6-8-31)10-17(11-16)23(24,25)26/h9-11,13-14,19,21,29-31H,4,6,8,28H2,1-3H3. The van der Waals surface area contributed by atoms with Crippen LogP contribution in [0.4, 0.5) is 13.2 Å². The van der Waals surface area contributed by atoms with Crippen molar-refractivity contribution in [2.75, 3.05) is 6.61 Å². The van der Waals surface area contributed by atoms with Gasteiger partial charge in [-0.15, -0.1) is 0 Å². The Balaban J connectivity index is 2.32. The van der Waals surface area contributed by atoms with E-state index in [0.29, 0.717) is 18.4 Å². The van der Waals surface area contributed by atoms with Crippen LogP contribution in [0.5, 0.6) is 0 Å². The van der Waals surface area contributed by atoms with Crippen LogP contribution in [0.15, 0.2) is 29.7 Å². The number of halogens is 3. The van der Waals surface area contributed by atoms with E-state index in [-0.39, 0.29) is 35.6 Å². The number of allylic oxidation sites excluding steroid dienone is 1. The van der Waals surface area contributed by atoms with Crippen molar-refractivity contribution in [2.24, 2.45) is 17.6 Å². The van der Waals surface area contributed by atoms with E-state index in [0.717, 1.165) is 12.1 Å². The van der Waals surface area contributed by atoms with E-state index >= 15 is 0 Å². The van der Waals surface area contributed by atoms with Gasteiger partial charge in [0.15, 0.2) is 6.23 Å². The second-order valence-electron chi connectivity index (χ2n) is 8.44. The molecule has 0 aromatic heterocycles. The fourth-order valence-corrected chi connectivity index (χ4v) is 4.88. The molecule has 0 radical (unpaired) electrons. The van der Waals surface area contributed by atoms with Crippen molar-refractivity contribution >= 4 is 0 Å². The summed E-state index contributed by atoms with van der Waals surface area (Å²) in [5.74, 6) is 4.82. The average molecular weight is 448 g/mol. The molecular weight excluding hydrogens is 421 g/mol. The second-order valence-corrected chi connectivity index (χ2v) is 8.44. The van der Waals surface area contributed by atoms with Gasteiger partial charge < -0.3 is 15.6 Å². The number of benzene rings is 1. The van der Waals surface area contributed by atoms with Crippen LogP contribution in [0.2, 0.25) is 0 Å². The van der Waals surface area contributed by atoms with Crippen molar-refractivity contribution < 1.29 is 23.0 Å².